The molecule has 1 fully saturated rings. The summed E-state index contributed by atoms with van der Waals surface area (Å²) in [4.78, 5) is 10.2. The Morgan fingerprint density at radius 3 is 2.94 bits per heavy atom. The quantitative estimate of drug-likeness (QED) is 0.634. The Kier molecular flexibility index (Phi) is 4.19. The van der Waals surface area contributed by atoms with Crippen molar-refractivity contribution in [1.82, 2.24) is 5.32 Å². The summed E-state index contributed by atoms with van der Waals surface area (Å²) in [5, 5.41) is 14.5. The number of benzene rings is 1. The normalized spacial score (nSPS) is 21.9. The number of halogens is 1. The summed E-state index contributed by atoms with van der Waals surface area (Å²) < 4.78 is 0. The average Bonchev–Trinajstić information content (AvgIpc) is 3.06. The van der Waals surface area contributed by atoms with Gasteiger partial charge >= 0.3 is 0 Å². The molecule has 5 heteroatoms. The molecule has 1 saturated carbocycles. The summed E-state index contributed by atoms with van der Waals surface area (Å²) in [5.41, 5.74) is 0.962. The minimum Gasteiger partial charge on any atom is -0.310 e. The number of hydrogen-bond donors (Lipinski definition) is 1. The highest BCUT2D eigenvalue weighted by atomic mass is 35.5. The van der Waals surface area contributed by atoms with E-state index < -0.39 is 4.92 Å². The Labute approximate surface area is 111 Å². The third-order valence-electron chi connectivity index (χ3n) is 3.38. The van der Waals surface area contributed by atoms with E-state index >= 15 is 0 Å². The van der Waals surface area contributed by atoms with Crippen molar-refractivity contribution >= 4 is 17.3 Å². The molecule has 0 bridgehead atoms. The van der Waals surface area contributed by atoms with Crippen molar-refractivity contribution in [2.45, 2.75) is 38.8 Å². The van der Waals surface area contributed by atoms with Gasteiger partial charge in [0.1, 0.15) is 0 Å². The molecule has 4 nitrogen and oxygen atoms in total. The van der Waals surface area contributed by atoms with Gasteiger partial charge in [-0.3, -0.25) is 10.1 Å². The van der Waals surface area contributed by atoms with Crippen LogP contribution in [-0.4, -0.2) is 11.0 Å². The lowest BCUT2D eigenvalue weighted by atomic mass is 10.2. The summed E-state index contributed by atoms with van der Waals surface area (Å²) in [7, 11) is 0. The Morgan fingerprint density at radius 2 is 2.33 bits per heavy atom. The molecular weight excluding hydrogens is 252 g/mol. The Balaban J connectivity index is 1.89. The van der Waals surface area contributed by atoms with Crippen molar-refractivity contribution in [2.75, 3.05) is 0 Å². The van der Waals surface area contributed by atoms with E-state index in [0.717, 1.165) is 11.5 Å². The van der Waals surface area contributed by atoms with Crippen LogP contribution in [0.1, 0.15) is 31.7 Å². The molecule has 2 unspecified atom stereocenters. The first kappa shape index (κ1) is 13.3. The van der Waals surface area contributed by atoms with Crippen LogP contribution in [0.3, 0.4) is 0 Å². The lowest BCUT2D eigenvalue weighted by Gasteiger charge is -2.06. The predicted molar refractivity (Wildman–Crippen MR) is 71.7 cm³/mol. The zero-order chi connectivity index (χ0) is 13.1. The number of nitro benzene ring substituents is 1. The van der Waals surface area contributed by atoms with Crippen molar-refractivity contribution in [3.05, 3.63) is 38.9 Å². The van der Waals surface area contributed by atoms with Gasteiger partial charge in [0.05, 0.1) is 9.95 Å². The number of nitrogens with zero attached hydrogens (tertiary/aromatic N) is 1. The van der Waals surface area contributed by atoms with E-state index in [1.807, 2.05) is 0 Å². The zero-order valence-electron chi connectivity index (χ0n) is 10.4. The third kappa shape index (κ3) is 3.21. The standard InChI is InChI=1S/C13H17ClN2O2/c1-2-3-9-6-13(9)15-8-10-4-5-11(16(17)18)7-12(10)14/h4-5,7,9,13,15H,2-3,6,8H2,1H3. The summed E-state index contributed by atoms with van der Waals surface area (Å²) in [5.74, 6) is 0.798. The highest BCUT2D eigenvalue weighted by Gasteiger charge is 2.35. The molecule has 2 atom stereocenters. The molecule has 98 valence electrons. The number of hydrogen-bond acceptors (Lipinski definition) is 3. The molecule has 0 radical (unpaired) electrons. The van der Waals surface area contributed by atoms with Crippen molar-refractivity contribution in [2.24, 2.45) is 5.92 Å². The summed E-state index contributed by atoms with van der Waals surface area (Å²) in [6, 6.07) is 5.23. The maximum atomic E-state index is 10.6. The first-order valence-corrected chi connectivity index (χ1v) is 6.65. The van der Waals surface area contributed by atoms with Crippen LogP contribution in [0.4, 0.5) is 5.69 Å². The van der Waals surface area contributed by atoms with E-state index in [1.165, 1.54) is 31.4 Å². The molecule has 2 rings (SSSR count). The second-order valence-electron chi connectivity index (χ2n) is 4.80. The Bertz CT molecular complexity index is 451. The zero-order valence-corrected chi connectivity index (χ0v) is 11.1. The molecule has 18 heavy (non-hydrogen) atoms. The van der Waals surface area contributed by atoms with Crippen LogP contribution < -0.4 is 5.32 Å². The van der Waals surface area contributed by atoms with E-state index in [0.29, 0.717) is 17.6 Å². The van der Waals surface area contributed by atoms with Crippen LogP contribution in [0, 0.1) is 16.0 Å². The van der Waals surface area contributed by atoms with Crippen LogP contribution in [-0.2, 0) is 6.54 Å². The molecule has 0 amide bonds. The minimum absolute atomic E-state index is 0.0408. The first-order valence-electron chi connectivity index (χ1n) is 6.28. The van der Waals surface area contributed by atoms with Gasteiger partial charge in [-0.15, -0.1) is 0 Å². The van der Waals surface area contributed by atoms with Gasteiger partial charge in [0, 0.05) is 24.7 Å². The van der Waals surface area contributed by atoms with Gasteiger partial charge < -0.3 is 5.32 Å². The van der Waals surface area contributed by atoms with Crippen LogP contribution in [0.2, 0.25) is 5.02 Å². The molecular formula is C13H17ClN2O2. The minimum atomic E-state index is -0.429. The van der Waals surface area contributed by atoms with Gasteiger partial charge in [0.2, 0.25) is 0 Å². The van der Waals surface area contributed by atoms with E-state index in [4.69, 9.17) is 11.6 Å². The van der Waals surface area contributed by atoms with Gasteiger partial charge in [-0.05, 0) is 30.4 Å². The lowest BCUT2D eigenvalue weighted by molar-refractivity contribution is -0.384. The molecule has 1 aromatic rings. The number of nitrogens with one attached hydrogen (secondary N) is 1. The molecule has 0 aromatic heterocycles. The average molecular weight is 269 g/mol. The number of nitro groups is 1. The van der Waals surface area contributed by atoms with E-state index in [1.54, 1.807) is 6.07 Å². The molecule has 0 aliphatic heterocycles. The molecule has 0 saturated heterocycles. The maximum Gasteiger partial charge on any atom is 0.270 e. The fourth-order valence-electron chi connectivity index (χ4n) is 2.22. The van der Waals surface area contributed by atoms with E-state index in [9.17, 15) is 10.1 Å². The number of non-ortho nitro benzene ring substituents is 1. The highest BCUT2D eigenvalue weighted by Crippen LogP contribution is 2.35. The molecule has 0 spiro atoms. The fourth-order valence-corrected chi connectivity index (χ4v) is 2.46. The van der Waals surface area contributed by atoms with Gasteiger partial charge in [0.25, 0.3) is 5.69 Å². The first-order chi connectivity index (χ1) is 8.61. The topological polar surface area (TPSA) is 55.2 Å². The monoisotopic (exact) mass is 268 g/mol. The van der Waals surface area contributed by atoms with Crippen LogP contribution in [0.25, 0.3) is 0 Å². The van der Waals surface area contributed by atoms with Crippen molar-refractivity contribution < 1.29 is 4.92 Å². The summed E-state index contributed by atoms with van der Waals surface area (Å²) in [6.07, 6.45) is 3.73. The Hall–Kier alpha value is -1.13. The SMILES string of the molecule is CCCC1CC1NCc1ccc([N+](=O)[O-])cc1Cl. The van der Waals surface area contributed by atoms with Crippen molar-refractivity contribution in [3.63, 3.8) is 0 Å². The Morgan fingerprint density at radius 1 is 1.56 bits per heavy atom. The van der Waals surface area contributed by atoms with Crippen LogP contribution >= 0.6 is 11.6 Å². The van der Waals surface area contributed by atoms with E-state index in [2.05, 4.69) is 12.2 Å². The molecule has 1 aliphatic carbocycles. The largest absolute Gasteiger partial charge is 0.310 e. The summed E-state index contributed by atoms with van der Waals surface area (Å²) >= 11 is 6.03. The van der Waals surface area contributed by atoms with E-state index in [-0.39, 0.29) is 5.69 Å². The predicted octanol–water partition coefficient (Wildman–Crippen LogP) is 3.53. The van der Waals surface area contributed by atoms with Gasteiger partial charge in [0.15, 0.2) is 0 Å². The smallest absolute Gasteiger partial charge is 0.270 e. The van der Waals surface area contributed by atoms with Gasteiger partial charge in [-0.2, -0.15) is 0 Å². The second-order valence-corrected chi connectivity index (χ2v) is 5.21. The lowest BCUT2D eigenvalue weighted by Crippen LogP contribution is -2.17. The molecule has 0 heterocycles. The van der Waals surface area contributed by atoms with Gasteiger partial charge in [-0.25, -0.2) is 0 Å². The van der Waals surface area contributed by atoms with Crippen molar-refractivity contribution in [3.8, 4) is 0 Å². The highest BCUT2D eigenvalue weighted by molar-refractivity contribution is 6.31. The second kappa shape index (κ2) is 5.67. The third-order valence-corrected chi connectivity index (χ3v) is 3.74. The van der Waals surface area contributed by atoms with Crippen LogP contribution in [0.5, 0.6) is 0 Å². The molecule has 1 aromatic carbocycles. The maximum absolute atomic E-state index is 10.6. The van der Waals surface area contributed by atoms with Crippen molar-refractivity contribution in [1.29, 1.82) is 0 Å². The van der Waals surface area contributed by atoms with Gasteiger partial charge in [-0.1, -0.05) is 24.9 Å². The molecule has 1 aliphatic rings. The van der Waals surface area contributed by atoms with Crippen LogP contribution in [0.15, 0.2) is 18.2 Å². The number of rotatable bonds is 6. The summed E-state index contributed by atoms with van der Waals surface area (Å²) in [6.45, 7) is 2.88. The fraction of sp³-hybridized carbons (Fsp3) is 0.538. The molecule has 1 N–H and O–H groups in total.